The van der Waals surface area contributed by atoms with Gasteiger partial charge in [-0.25, -0.2) is 0 Å². The van der Waals surface area contributed by atoms with E-state index in [1.807, 2.05) is 84.9 Å². The van der Waals surface area contributed by atoms with Crippen molar-refractivity contribution in [2.45, 2.75) is 5.92 Å². The van der Waals surface area contributed by atoms with Crippen molar-refractivity contribution < 1.29 is 14.4 Å². The number of nitrogens with two attached hydrogens (primary N) is 1. The van der Waals surface area contributed by atoms with Gasteiger partial charge in [-0.2, -0.15) is 0 Å². The predicted octanol–water partition coefficient (Wildman–Crippen LogP) is 7.19. The largest absolute Gasteiger partial charge is 0.397 e. The molecule has 6 rings (SSSR count). The van der Waals surface area contributed by atoms with E-state index >= 15 is 0 Å². The molecule has 0 saturated carbocycles. The molecule has 0 aliphatic carbocycles. The zero-order valence-corrected chi connectivity index (χ0v) is 23.1. The number of nitrogens with one attached hydrogen (secondary N) is 3. The molecule has 0 saturated heterocycles. The second-order valence-corrected chi connectivity index (χ2v) is 10.1. The molecule has 0 aliphatic heterocycles. The number of carbonyl (C=O) groups is 3. The molecule has 0 heterocycles. The molecule has 0 bridgehead atoms. The fraction of sp³-hybridized carbons (Fsp3) is 0.0278. The lowest BCUT2D eigenvalue weighted by molar-refractivity contribution is -0.125. The average Bonchev–Trinajstić information content (AvgIpc) is 3.03. The highest BCUT2D eigenvalue weighted by molar-refractivity contribution is 6.18. The van der Waals surface area contributed by atoms with Gasteiger partial charge in [-0.1, -0.05) is 97.1 Å². The molecule has 7 nitrogen and oxygen atoms in total. The van der Waals surface area contributed by atoms with Crippen molar-refractivity contribution in [1.82, 2.24) is 0 Å². The van der Waals surface area contributed by atoms with Gasteiger partial charge in [-0.3, -0.25) is 14.4 Å². The number of hydrogen-bond acceptors (Lipinski definition) is 4. The second kappa shape index (κ2) is 11.9. The van der Waals surface area contributed by atoms with E-state index in [0.29, 0.717) is 33.9 Å². The maximum absolute atomic E-state index is 13.9. The Morgan fingerprint density at radius 3 is 1.51 bits per heavy atom. The van der Waals surface area contributed by atoms with Gasteiger partial charge in [0, 0.05) is 27.7 Å². The SMILES string of the molecule is Nc1ccccc1NC(=O)c1ccc(C(C(=O)Nc2cccc3ccccc23)C(=O)Nc2cccc3ccccc23)cc1. The van der Waals surface area contributed by atoms with Crippen molar-refractivity contribution in [2.24, 2.45) is 0 Å². The summed E-state index contributed by atoms with van der Waals surface area (Å²) in [4.78, 5) is 40.7. The van der Waals surface area contributed by atoms with Gasteiger partial charge in [0.25, 0.3) is 5.91 Å². The molecule has 0 spiro atoms. The quantitative estimate of drug-likeness (QED) is 0.121. The number of anilines is 4. The Hall–Kier alpha value is -5.95. The molecule has 6 aromatic rings. The van der Waals surface area contributed by atoms with Crippen molar-refractivity contribution in [3.63, 3.8) is 0 Å². The van der Waals surface area contributed by atoms with Crippen LogP contribution in [0.2, 0.25) is 0 Å². The van der Waals surface area contributed by atoms with E-state index in [9.17, 15) is 14.4 Å². The third-order valence-corrected chi connectivity index (χ3v) is 7.33. The predicted molar refractivity (Wildman–Crippen MR) is 173 cm³/mol. The van der Waals surface area contributed by atoms with Crippen LogP contribution in [0.5, 0.6) is 0 Å². The topological polar surface area (TPSA) is 113 Å². The minimum absolute atomic E-state index is 0.356. The summed E-state index contributed by atoms with van der Waals surface area (Å²) in [5, 5.41) is 12.4. The summed E-state index contributed by atoms with van der Waals surface area (Å²) in [5.74, 6) is -2.56. The van der Waals surface area contributed by atoms with Crippen LogP contribution in [0.1, 0.15) is 21.8 Å². The van der Waals surface area contributed by atoms with E-state index in [2.05, 4.69) is 16.0 Å². The Kier molecular flexibility index (Phi) is 7.53. The van der Waals surface area contributed by atoms with Gasteiger partial charge in [0.15, 0.2) is 0 Å². The minimum atomic E-state index is -1.21. The maximum Gasteiger partial charge on any atom is 0.255 e. The van der Waals surface area contributed by atoms with Crippen LogP contribution in [0.4, 0.5) is 22.7 Å². The van der Waals surface area contributed by atoms with Crippen LogP contribution < -0.4 is 21.7 Å². The summed E-state index contributed by atoms with van der Waals surface area (Å²) in [6, 6.07) is 40.1. The monoisotopic (exact) mass is 564 g/mol. The number of rotatable bonds is 7. The van der Waals surface area contributed by atoms with Crippen LogP contribution in [0, 0.1) is 0 Å². The smallest absolute Gasteiger partial charge is 0.255 e. The van der Waals surface area contributed by atoms with Crippen LogP contribution in [-0.2, 0) is 9.59 Å². The highest BCUT2D eigenvalue weighted by Crippen LogP contribution is 2.29. The Morgan fingerprint density at radius 1 is 0.488 bits per heavy atom. The first-order chi connectivity index (χ1) is 21.0. The van der Waals surface area contributed by atoms with Gasteiger partial charge in [0.2, 0.25) is 11.8 Å². The highest BCUT2D eigenvalue weighted by atomic mass is 16.2. The molecule has 6 aromatic carbocycles. The standard InChI is InChI=1S/C36H28N4O3/c37-29-15-5-6-16-32(29)40-34(41)26-21-19-25(20-22-26)33(35(42)38-30-17-7-11-23-9-1-3-13-27(23)30)36(43)39-31-18-8-12-24-10-2-4-14-28(24)31/h1-22,33H,37H2,(H,38,42)(H,39,43)(H,40,41). The van der Waals surface area contributed by atoms with E-state index < -0.39 is 17.7 Å². The Balaban J connectivity index is 1.32. The summed E-state index contributed by atoms with van der Waals surface area (Å²) < 4.78 is 0. The molecule has 5 N–H and O–H groups in total. The first kappa shape index (κ1) is 27.2. The lowest BCUT2D eigenvalue weighted by Gasteiger charge is -2.19. The minimum Gasteiger partial charge on any atom is -0.397 e. The van der Waals surface area contributed by atoms with Crippen LogP contribution in [0.25, 0.3) is 21.5 Å². The number of amides is 3. The van der Waals surface area contributed by atoms with Crippen LogP contribution in [-0.4, -0.2) is 17.7 Å². The molecule has 0 unspecified atom stereocenters. The molecule has 0 radical (unpaired) electrons. The maximum atomic E-state index is 13.9. The zero-order valence-electron chi connectivity index (χ0n) is 23.1. The molecular weight excluding hydrogens is 536 g/mol. The molecular formula is C36H28N4O3. The van der Waals surface area contributed by atoms with Gasteiger partial charge in [-0.15, -0.1) is 0 Å². The number of nitrogen functional groups attached to an aromatic ring is 1. The fourth-order valence-corrected chi connectivity index (χ4v) is 5.13. The summed E-state index contributed by atoms with van der Waals surface area (Å²) in [6.07, 6.45) is 0. The first-order valence-corrected chi connectivity index (χ1v) is 13.8. The summed E-state index contributed by atoms with van der Waals surface area (Å²) in [6.45, 7) is 0. The van der Waals surface area contributed by atoms with E-state index in [1.54, 1.807) is 48.5 Å². The molecule has 0 fully saturated rings. The van der Waals surface area contributed by atoms with Crippen molar-refractivity contribution >= 4 is 62.0 Å². The van der Waals surface area contributed by atoms with Crippen LogP contribution >= 0.6 is 0 Å². The normalized spacial score (nSPS) is 10.9. The second-order valence-electron chi connectivity index (χ2n) is 10.1. The van der Waals surface area contributed by atoms with Crippen molar-refractivity contribution in [2.75, 3.05) is 21.7 Å². The van der Waals surface area contributed by atoms with Gasteiger partial charge < -0.3 is 21.7 Å². The lowest BCUT2D eigenvalue weighted by atomic mass is 9.95. The Bertz CT molecular complexity index is 1880. The van der Waals surface area contributed by atoms with E-state index in [-0.39, 0.29) is 5.91 Å². The lowest BCUT2D eigenvalue weighted by Crippen LogP contribution is -2.32. The fourth-order valence-electron chi connectivity index (χ4n) is 5.13. The molecule has 0 aliphatic rings. The number of fused-ring (bicyclic) bond motifs is 2. The molecule has 3 amide bonds. The van der Waals surface area contributed by atoms with Gasteiger partial charge in [0.05, 0.1) is 11.4 Å². The van der Waals surface area contributed by atoms with Crippen LogP contribution in [0.15, 0.2) is 133 Å². The van der Waals surface area contributed by atoms with E-state index in [1.165, 1.54) is 0 Å². The molecule has 0 atom stereocenters. The van der Waals surface area contributed by atoms with Crippen molar-refractivity contribution in [3.05, 3.63) is 145 Å². The Labute approximate surface area is 248 Å². The molecule has 0 aromatic heterocycles. The summed E-state index contributed by atoms with van der Waals surface area (Å²) >= 11 is 0. The number of hydrogen-bond donors (Lipinski definition) is 4. The third-order valence-electron chi connectivity index (χ3n) is 7.33. The van der Waals surface area contributed by atoms with Gasteiger partial charge in [0.1, 0.15) is 5.92 Å². The van der Waals surface area contributed by atoms with Crippen LogP contribution in [0.3, 0.4) is 0 Å². The summed E-state index contributed by atoms with van der Waals surface area (Å²) in [7, 11) is 0. The van der Waals surface area contributed by atoms with Gasteiger partial charge in [-0.05, 0) is 52.7 Å². The van der Waals surface area contributed by atoms with E-state index in [4.69, 9.17) is 5.73 Å². The molecule has 210 valence electrons. The third kappa shape index (κ3) is 5.78. The highest BCUT2D eigenvalue weighted by Gasteiger charge is 2.30. The molecule has 7 heteroatoms. The van der Waals surface area contributed by atoms with Gasteiger partial charge >= 0.3 is 0 Å². The number of carbonyl (C=O) groups excluding carboxylic acids is 3. The average molecular weight is 565 g/mol. The Morgan fingerprint density at radius 2 is 0.953 bits per heavy atom. The number of para-hydroxylation sites is 2. The zero-order chi connectivity index (χ0) is 29.8. The van der Waals surface area contributed by atoms with Crippen molar-refractivity contribution in [3.8, 4) is 0 Å². The first-order valence-electron chi connectivity index (χ1n) is 13.8. The van der Waals surface area contributed by atoms with Crippen molar-refractivity contribution in [1.29, 1.82) is 0 Å². The molecule has 43 heavy (non-hydrogen) atoms. The number of benzene rings is 6. The van der Waals surface area contributed by atoms with E-state index in [0.717, 1.165) is 21.5 Å². The summed E-state index contributed by atoms with van der Waals surface area (Å²) in [5.41, 5.74) is 8.91.